The van der Waals surface area contributed by atoms with Gasteiger partial charge in [-0.3, -0.25) is 10.1 Å². The van der Waals surface area contributed by atoms with E-state index in [4.69, 9.17) is 0 Å². The molecule has 0 spiro atoms. The highest BCUT2D eigenvalue weighted by atomic mass is 16.7. The van der Waals surface area contributed by atoms with Crippen LogP contribution in [0.3, 0.4) is 0 Å². The van der Waals surface area contributed by atoms with E-state index in [0.717, 1.165) is 22.3 Å². The normalized spacial score (nSPS) is 10.5. The third-order valence-corrected chi connectivity index (χ3v) is 3.00. The topological polar surface area (TPSA) is 57.2 Å². The van der Waals surface area contributed by atoms with Crippen LogP contribution in [-0.2, 0) is 0 Å². The number of benzene rings is 2. The predicted molar refractivity (Wildman–Crippen MR) is 74.6 cm³/mol. The van der Waals surface area contributed by atoms with Crippen molar-refractivity contribution in [2.24, 2.45) is 0 Å². The van der Waals surface area contributed by atoms with Gasteiger partial charge in [-0.15, -0.1) is 0 Å². The highest BCUT2D eigenvalue weighted by molar-refractivity contribution is 5.37. The van der Waals surface area contributed by atoms with Gasteiger partial charge in [0.1, 0.15) is 0 Å². The Balaban J connectivity index is 2.37. The van der Waals surface area contributed by atoms with Gasteiger partial charge in [-0.25, -0.2) is 0 Å². The average Bonchev–Trinajstić information content (AvgIpc) is 2.38. The summed E-state index contributed by atoms with van der Waals surface area (Å²) in [4.78, 5) is 10.7. The number of hydrogen-bond acceptors (Lipinski definition) is 2. The fraction of sp³-hybridized carbons (Fsp3) is 0.200. The minimum Gasteiger partial charge on any atom is -0.367 e. The van der Waals surface area contributed by atoms with Crippen LogP contribution in [0.4, 0.5) is 0 Å². The van der Waals surface area contributed by atoms with Crippen molar-refractivity contribution in [1.29, 1.82) is 0 Å². The van der Waals surface area contributed by atoms with Crippen LogP contribution in [0.25, 0.3) is 5.43 Å². The van der Waals surface area contributed by atoms with Gasteiger partial charge in [-0.05, 0) is 24.9 Å². The van der Waals surface area contributed by atoms with Gasteiger partial charge < -0.3 is 5.43 Å². The Hall–Kier alpha value is -2.36. The van der Waals surface area contributed by atoms with E-state index in [2.05, 4.69) is 5.43 Å². The Morgan fingerprint density at radius 2 is 1.26 bits per heavy atom. The molecule has 19 heavy (non-hydrogen) atoms. The van der Waals surface area contributed by atoms with E-state index < -0.39 is 11.1 Å². The van der Waals surface area contributed by atoms with Gasteiger partial charge in [0.25, 0.3) is 0 Å². The van der Waals surface area contributed by atoms with Crippen LogP contribution in [0.5, 0.6) is 0 Å². The first-order chi connectivity index (χ1) is 9.06. The maximum absolute atomic E-state index is 10.7. The van der Waals surface area contributed by atoms with E-state index in [-0.39, 0.29) is 0 Å². The summed E-state index contributed by atoms with van der Waals surface area (Å²) in [6, 6.07) is 14.7. The number of rotatable bonds is 4. The summed E-state index contributed by atoms with van der Waals surface area (Å²) < 4.78 is 0. The molecule has 98 valence electrons. The van der Waals surface area contributed by atoms with Gasteiger partial charge in [0, 0.05) is 0 Å². The molecule has 0 aliphatic heterocycles. The van der Waals surface area contributed by atoms with Crippen LogP contribution in [-0.4, -0.2) is 5.03 Å². The third-order valence-electron chi connectivity index (χ3n) is 3.00. The first-order valence-corrected chi connectivity index (χ1v) is 6.04. The molecule has 2 aromatic rings. The number of nitro groups is 1. The number of nitrogens with zero attached hydrogens (tertiary/aromatic N) is 2. The fourth-order valence-electron chi connectivity index (χ4n) is 1.92. The molecule has 0 aromatic heterocycles. The van der Waals surface area contributed by atoms with Crippen LogP contribution in [0.2, 0.25) is 0 Å². The summed E-state index contributed by atoms with van der Waals surface area (Å²) in [7, 11) is 0. The molecule has 4 heteroatoms. The molecule has 0 atom stereocenters. The molecule has 2 aromatic carbocycles. The maximum atomic E-state index is 10.7. The van der Waals surface area contributed by atoms with Crippen LogP contribution >= 0.6 is 0 Å². The Labute approximate surface area is 112 Å². The molecule has 2 rings (SSSR count). The summed E-state index contributed by atoms with van der Waals surface area (Å²) >= 11 is 0. The predicted octanol–water partition coefficient (Wildman–Crippen LogP) is 3.96. The smallest absolute Gasteiger partial charge is 0.0118 e. The molecule has 0 aliphatic rings. The van der Waals surface area contributed by atoms with Crippen molar-refractivity contribution in [2.45, 2.75) is 19.9 Å². The second-order valence-electron chi connectivity index (χ2n) is 4.58. The third kappa shape index (κ3) is 3.31. The van der Waals surface area contributed by atoms with Gasteiger partial charge in [0.15, 0.2) is 0 Å². The zero-order valence-corrected chi connectivity index (χ0v) is 10.9. The lowest BCUT2D eigenvalue weighted by Crippen LogP contribution is -2.05. The highest BCUT2D eigenvalue weighted by Gasteiger charge is 2.09. The van der Waals surface area contributed by atoms with Crippen molar-refractivity contribution in [3.63, 3.8) is 0 Å². The quantitative estimate of drug-likeness (QED) is 0.613. The van der Waals surface area contributed by atoms with E-state index in [9.17, 15) is 10.1 Å². The molecule has 0 fully saturated rings. The van der Waals surface area contributed by atoms with E-state index in [0.29, 0.717) is 0 Å². The second-order valence-corrected chi connectivity index (χ2v) is 4.58. The molecule has 0 amide bonds. The SMILES string of the molecule is Cc1ccc(C([N-][N+](=O)[O-])c2ccc(C)cc2)cc1. The van der Waals surface area contributed by atoms with Crippen molar-refractivity contribution in [3.05, 3.63) is 86.3 Å². The standard InChI is InChI=1S/C15H15N2O2/c1-11-3-7-13(8-4-11)15(16-17(18)19)14-9-5-12(2)6-10-14/h3-10,15H,1-2H3/q-1. The monoisotopic (exact) mass is 255 g/mol. The minimum atomic E-state index is -0.621. The molecule has 0 radical (unpaired) electrons. The lowest BCUT2D eigenvalue weighted by Gasteiger charge is -2.25. The van der Waals surface area contributed by atoms with E-state index in [1.54, 1.807) is 0 Å². The maximum Gasteiger partial charge on any atom is -0.0118 e. The average molecular weight is 255 g/mol. The second kappa shape index (κ2) is 5.52. The minimum absolute atomic E-state index is 0.559. The molecule has 0 aliphatic carbocycles. The Bertz CT molecular complexity index is 516. The summed E-state index contributed by atoms with van der Waals surface area (Å²) in [5.74, 6) is 0. The van der Waals surface area contributed by atoms with Crippen LogP contribution in [0.1, 0.15) is 28.3 Å². The fourth-order valence-corrected chi connectivity index (χ4v) is 1.92. The lowest BCUT2D eigenvalue weighted by molar-refractivity contribution is -0.430. The molecule has 0 saturated heterocycles. The van der Waals surface area contributed by atoms with Crippen molar-refractivity contribution in [2.75, 3.05) is 0 Å². The number of aryl methyl sites for hydroxylation is 2. The van der Waals surface area contributed by atoms with E-state index >= 15 is 0 Å². The van der Waals surface area contributed by atoms with E-state index in [1.807, 2.05) is 62.4 Å². The zero-order chi connectivity index (χ0) is 13.8. The van der Waals surface area contributed by atoms with Crippen LogP contribution < -0.4 is 0 Å². The Morgan fingerprint density at radius 3 is 1.58 bits per heavy atom. The zero-order valence-electron chi connectivity index (χ0n) is 10.9. The lowest BCUT2D eigenvalue weighted by atomic mass is 9.98. The summed E-state index contributed by atoms with van der Waals surface area (Å²) in [6.45, 7) is 3.96. The van der Waals surface area contributed by atoms with Gasteiger partial charge in [0.2, 0.25) is 0 Å². The first kappa shape index (κ1) is 13.1. The summed E-state index contributed by atoms with van der Waals surface area (Å²) in [5, 5.41) is 10.1. The van der Waals surface area contributed by atoms with Crippen molar-refractivity contribution in [1.82, 2.24) is 0 Å². The van der Waals surface area contributed by atoms with Crippen LogP contribution in [0.15, 0.2) is 48.5 Å². The van der Waals surface area contributed by atoms with Crippen LogP contribution in [0, 0.1) is 24.0 Å². The molecular weight excluding hydrogens is 240 g/mol. The Morgan fingerprint density at radius 1 is 0.895 bits per heavy atom. The van der Waals surface area contributed by atoms with Gasteiger partial charge >= 0.3 is 0 Å². The van der Waals surface area contributed by atoms with Gasteiger partial charge in [-0.1, -0.05) is 70.8 Å². The summed E-state index contributed by atoms with van der Waals surface area (Å²) in [5.41, 5.74) is 7.49. The van der Waals surface area contributed by atoms with E-state index in [1.165, 1.54) is 0 Å². The molecule has 0 unspecified atom stereocenters. The van der Waals surface area contributed by atoms with Gasteiger partial charge in [-0.2, -0.15) is 0 Å². The van der Waals surface area contributed by atoms with Crippen molar-refractivity contribution in [3.8, 4) is 0 Å². The Kier molecular flexibility index (Phi) is 3.80. The van der Waals surface area contributed by atoms with Crippen molar-refractivity contribution >= 4 is 0 Å². The highest BCUT2D eigenvalue weighted by Crippen LogP contribution is 2.30. The molecule has 0 heterocycles. The summed E-state index contributed by atoms with van der Waals surface area (Å²) in [6.07, 6.45) is 0. The van der Waals surface area contributed by atoms with Crippen molar-refractivity contribution < 1.29 is 5.03 Å². The molecule has 4 nitrogen and oxygen atoms in total. The first-order valence-electron chi connectivity index (χ1n) is 6.04. The molecule has 0 saturated carbocycles. The molecular formula is C15H15N2O2-. The molecule has 0 bridgehead atoms. The largest absolute Gasteiger partial charge is 0.367 e. The van der Waals surface area contributed by atoms with Gasteiger partial charge in [0.05, 0.1) is 0 Å². The molecule has 0 N–H and O–H groups in total. The number of hydrogen-bond donors (Lipinski definition) is 0.